The molecule has 0 aliphatic carbocycles. The third-order valence-corrected chi connectivity index (χ3v) is 10.9. The molecule has 2 aromatic heterocycles. The molecule has 0 spiro atoms. The van der Waals surface area contributed by atoms with Crippen molar-refractivity contribution in [3.63, 3.8) is 0 Å². The minimum Gasteiger partial charge on any atom is -0.252 e. The fourth-order valence-electron chi connectivity index (χ4n) is 7.79. The van der Waals surface area contributed by atoms with Crippen molar-refractivity contribution in [1.29, 1.82) is 0 Å². The van der Waals surface area contributed by atoms with E-state index < -0.39 is 0 Å². The number of fused-ring (bicyclic) bond motifs is 12. The Bertz CT molecular complexity index is 2660. The minimum atomic E-state index is 0.560. The van der Waals surface area contributed by atoms with Crippen LogP contribution in [-0.2, 0) is 25.7 Å². The van der Waals surface area contributed by atoms with E-state index in [0.717, 1.165) is 78.9 Å². The van der Waals surface area contributed by atoms with E-state index in [-0.39, 0.29) is 0 Å². The summed E-state index contributed by atoms with van der Waals surface area (Å²) in [6.45, 7) is 18.0. The van der Waals surface area contributed by atoms with E-state index >= 15 is 0 Å². The van der Waals surface area contributed by atoms with Crippen molar-refractivity contribution in [2.75, 3.05) is 0 Å². The summed E-state index contributed by atoms with van der Waals surface area (Å²) in [5, 5.41) is 9.75. The molecule has 6 aromatic carbocycles. The van der Waals surface area contributed by atoms with Gasteiger partial charge in [0.15, 0.2) is 0 Å². The molecule has 0 saturated heterocycles. The number of hydrogen-bond donors (Lipinski definition) is 0. The molecule has 0 aliphatic heterocycles. The molecule has 0 radical (unpaired) electrons. The Morgan fingerprint density at radius 1 is 0.389 bits per heavy atom. The summed E-state index contributed by atoms with van der Waals surface area (Å²) in [6.07, 6.45) is 7.98. The van der Waals surface area contributed by atoms with Gasteiger partial charge in [0.05, 0.1) is 33.5 Å². The topological polar surface area (TPSA) is 51.6 Å². The van der Waals surface area contributed by atoms with Crippen LogP contribution in [0.3, 0.4) is 0 Å². The zero-order valence-electron chi connectivity index (χ0n) is 32.8. The molecule has 0 aliphatic rings. The maximum Gasteiger partial charge on any atom is 0.0975 e. The van der Waals surface area contributed by atoms with Crippen LogP contribution >= 0.6 is 31.9 Å². The van der Waals surface area contributed by atoms with Crippen LogP contribution in [0.15, 0.2) is 94.1 Å². The van der Waals surface area contributed by atoms with Crippen LogP contribution in [0.4, 0.5) is 0 Å². The summed E-state index contributed by atoms with van der Waals surface area (Å²) in [7, 11) is 0. The smallest absolute Gasteiger partial charge is 0.0975 e. The standard InChI is InChI=1S/C28H34N2.C20H16Br2N2/c1-17(2)11-20-7-9-23-24-10-8-21(12-18(3)4)15-26(24)28-27(25(23)14-20)29-16-22(30-28)13-19(5)6;1-11(2)7-14-10-23-19-17-8-12(21)3-5-15(17)16-6-4-13(22)9-18(16)20(19)24-14/h7-10,14-19H,11-13H2,1-6H3;3-6,8-11H,7H2,1-2H3. The molecule has 0 fully saturated rings. The van der Waals surface area contributed by atoms with Crippen LogP contribution in [0, 0.1) is 23.7 Å². The molecule has 0 unspecified atom stereocenters. The van der Waals surface area contributed by atoms with Gasteiger partial charge in [0.2, 0.25) is 0 Å². The lowest BCUT2D eigenvalue weighted by Crippen LogP contribution is -2.01. The summed E-state index contributed by atoms with van der Waals surface area (Å²) >= 11 is 7.18. The first kappa shape index (κ1) is 38.3. The Kier molecular flexibility index (Phi) is 11.3. The average Bonchev–Trinajstić information content (AvgIpc) is 3.11. The van der Waals surface area contributed by atoms with Crippen LogP contribution in [0.1, 0.15) is 77.9 Å². The molecule has 0 amide bonds. The van der Waals surface area contributed by atoms with Crippen molar-refractivity contribution in [1.82, 2.24) is 19.9 Å². The van der Waals surface area contributed by atoms with Gasteiger partial charge in [0.25, 0.3) is 0 Å². The molecule has 54 heavy (non-hydrogen) atoms. The Morgan fingerprint density at radius 2 is 0.722 bits per heavy atom. The minimum absolute atomic E-state index is 0.560. The van der Waals surface area contributed by atoms with Crippen LogP contribution in [0.25, 0.3) is 65.2 Å². The van der Waals surface area contributed by atoms with Gasteiger partial charge in [-0.3, -0.25) is 9.97 Å². The highest BCUT2D eigenvalue weighted by Crippen LogP contribution is 2.37. The van der Waals surface area contributed by atoms with E-state index in [1.165, 1.54) is 43.4 Å². The summed E-state index contributed by atoms with van der Waals surface area (Å²) in [4.78, 5) is 19.9. The zero-order chi connectivity index (χ0) is 38.3. The molecule has 0 N–H and O–H groups in total. The number of rotatable bonds is 8. The molecule has 276 valence electrons. The second-order valence-electron chi connectivity index (χ2n) is 16.6. The van der Waals surface area contributed by atoms with E-state index in [1.54, 1.807) is 0 Å². The molecule has 2 heterocycles. The lowest BCUT2D eigenvalue weighted by molar-refractivity contribution is 0.635. The van der Waals surface area contributed by atoms with Gasteiger partial charge >= 0.3 is 0 Å². The van der Waals surface area contributed by atoms with Gasteiger partial charge in [0, 0.05) is 42.9 Å². The molecule has 4 nitrogen and oxygen atoms in total. The zero-order valence-corrected chi connectivity index (χ0v) is 35.9. The number of aromatic nitrogens is 4. The predicted octanol–water partition coefficient (Wildman–Crippen LogP) is 14.2. The highest BCUT2D eigenvalue weighted by atomic mass is 79.9. The number of benzene rings is 6. The van der Waals surface area contributed by atoms with Gasteiger partial charge in [-0.2, -0.15) is 0 Å². The van der Waals surface area contributed by atoms with E-state index in [2.05, 4.69) is 160 Å². The van der Waals surface area contributed by atoms with E-state index in [1.807, 2.05) is 12.4 Å². The second kappa shape index (κ2) is 16.0. The quantitative estimate of drug-likeness (QED) is 0.143. The predicted molar refractivity (Wildman–Crippen MR) is 239 cm³/mol. The second-order valence-corrected chi connectivity index (χ2v) is 18.5. The maximum absolute atomic E-state index is 5.14. The maximum atomic E-state index is 5.14. The summed E-state index contributed by atoms with van der Waals surface area (Å²) in [5.41, 5.74) is 8.94. The van der Waals surface area contributed by atoms with Crippen LogP contribution in [-0.4, -0.2) is 19.9 Å². The number of halogens is 2. The van der Waals surface area contributed by atoms with Gasteiger partial charge in [-0.25, -0.2) is 9.97 Å². The summed E-state index contributed by atoms with van der Waals surface area (Å²) in [5.74, 6) is 2.40. The van der Waals surface area contributed by atoms with Gasteiger partial charge < -0.3 is 0 Å². The van der Waals surface area contributed by atoms with Crippen LogP contribution in [0.5, 0.6) is 0 Å². The molecule has 0 bridgehead atoms. The van der Waals surface area contributed by atoms with Gasteiger partial charge in [-0.1, -0.05) is 124 Å². The lowest BCUT2D eigenvalue weighted by atomic mass is 9.93. The monoisotopic (exact) mass is 840 g/mol. The number of nitrogens with zero attached hydrogens (tertiary/aromatic N) is 4. The molecular weight excluding hydrogens is 792 g/mol. The Labute approximate surface area is 336 Å². The molecular formula is C48H50Br2N4. The van der Waals surface area contributed by atoms with Gasteiger partial charge in [-0.15, -0.1) is 0 Å². The van der Waals surface area contributed by atoms with Crippen molar-refractivity contribution in [3.05, 3.63) is 117 Å². The SMILES string of the molecule is CC(C)Cc1ccc2c3ccc(CC(C)C)cc3c3nc(CC(C)C)cnc3c2c1.CC(C)Cc1cnc2c3cc(Br)ccc3c3ccc(Br)cc3c2n1. The molecule has 8 aromatic rings. The van der Waals surface area contributed by atoms with Crippen molar-refractivity contribution in [2.24, 2.45) is 23.7 Å². The fraction of sp³-hybridized carbons (Fsp3) is 0.333. The van der Waals surface area contributed by atoms with E-state index in [0.29, 0.717) is 23.7 Å². The molecule has 8 rings (SSSR count). The largest absolute Gasteiger partial charge is 0.252 e. The third-order valence-electron chi connectivity index (χ3n) is 9.90. The Balaban J connectivity index is 0.000000171. The Hall–Kier alpha value is -4.00. The van der Waals surface area contributed by atoms with Gasteiger partial charge in [0.1, 0.15) is 0 Å². The lowest BCUT2D eigenvalue weighted by Gasteiger charge is -2.14. The fourth-order valence-corrected chi connectivity index (χ4v) is 8.51. The van der Waals surface area contributed by atoms with E-state index in [4.69, 9.17) is 19.9 Å². The molecule has 6 heteroatoms. The highest BCUT2D eigenvalue weighted by Gasteiger charge is 2.16. The molecule has 0 atom stereocenters. The summed E-state index contributed by atoms with van der Waals surface area (Å²) in [6, 6.07) is 26.6. The average molecular weight is 843 g/mol. The van der Waals surface area contributed by atoms with Crippen LogP contribution < -0.4 is 0 Å². The van der Waals surface area contributed by atoms with Crippen molar-refractivity contribution < 1.29 is 0 Å². The first-order valence-electron chi connectivity index (χ1n) is 19.4. The third kappa shape index (κ3) is 8.16. The molecule has 0 saturated carbocycles. The first-order chi connectivity index (χ1) is 25.8. The van der Waals surface area contributed by atoms with Crippen molar-refractivity contribution in [3.8, 4) is 0 Å². The van der Waals surface area contributed by atoms with Crippen LogP contribution in [0.2, 0.25) is 0 Å². The van der Waals surface area contributed by atoms with E-state index in [9.17, 15) is 0 Å². The van der Waals surface area contributed by atoms with Gasteiger partial charge in [-0.05, 0) is 118 Å². The normalized spacial score (nSPS) is 12.1. The summed E-state index contributed by atoms with van der Waals surface area (Å²) < 4.78 is 2.12. The van der Waals surface area contributed by atoms with Crippen molar-refractivity contribution in [2.45, 2.75) is 81.1 Å². The Morgan fingerprint density at radius 3 is 1.11 bits per heavy atom. The number of hydrogen-bond acceptors (Lipinski definition) is 4. The highest BCUT2D eigenvalue weighted by molar-refractivity contribution is 9.10. The first-order valence-corrected chi connectivity index (χ1v) is 21.0. The van der Waals surface area contributed by atoms with Crippen molar-refractivity contribution >= 4 is 97.0 Å².